The lowest BCUT2D eigenvalue weighted by Gasteiger charge is -2.27. The molecule has 3 fully saturated rings. The van der Waals surface area contributed by atoms with Crippen LogP contribution in [0.5, 0.6) is 0 Å². The molecule has 0 N–H and O–H groups in total. The molecule has 4 heterocycles. The molecule has 1 aromatic heterocycles. The zero-order valence-electron chi connectivity index (χ0n) is 14.8. The molecule has 0 bridgehead atoms. The molecule has 8 nitrogen and oxygen atoms in total. The second-order valence-electron chi connectivity index (χ2n) is 7.56. The molecule has 0 saturated carbocycles. The molecule has 2 amide bonds. The highest BCUT2D eigenvalue weighted by Crippen LogP contribution is 2.35. The van der Waals surface area contributed by atoms with Gasteiger partial charge in [-0.05, 0) is 26.2 Å². The van der Waals surface area contributed by atoms with E-state index in [-0.39, 0.29) is 41.8 Å². The predicted octanol–water partition coefficient (Wildman–Crippen LogP) is 0.682. The summed E-state index contributed by atoms with van der Waals surface area (Å²) in [6, 6.07) is 1.45. The van der Waals surface area contributed by atoms with Gasteiger partial charge in [-0.1, -0.05) is 5.16 Å². The van der Waals surface area contributed by atoms with E-state index >= 15 is 0 Å². The third-order valence-corrected chi connectivity index (χ3v) is 7.42. The maximum Gasteiger partial charge on any atom is 0.228 e. The molecule has 142 valence electrons. The van der Waals surface area contributed by atoms with E-state index in [2.05, 4.69) is 5.16 Å². The van der Waals surface area contributed by atoms with E-state index in [1.807, 2.05) is 13.0 Å². The van der Waals surface area contributed by atoms with Crippen LogP contribution in [-0.4, -0.2) is 65.8 Å². The van der Waals surface area contributed by atoms with Crippen molar-refractivity contribution in [3.8, 4) is 0 Å². The van der Waals surface area contributed by atoms with Gasteiger partial charge in [-0.15, -0.1) is 0 Å². The van der Waals surface area contributed by atoms with Crippen molar-refractivity contribution in [1.82, 2.24) is 15.0 Å². The minimum atomic E-state index is -3.06. The summed E-state index contributed by atoms with van der Waals surface area (Å²) < 4.78 is 28.8. The van der Waals surface area contributed by atoms with E-state index < -0.39 is 15.8 Å². The predicted molar refractivity (Wildman–Crippen MR) is 91.8 cm³/mol. The van der Waals surface area contributed by atoms with Gasteiger partial charge in [0.15, 0.2) is 15.6 Å². The number of sulfone groups is 1. The van der Waals surface area contributed by atoms with Crippen LogP contribution in [0.3, 0.4) is 0 Å². The number of nitrogens with zero attached hydrogens (tertiary/aromatic N) is 3. The van der Waals surface area contributed by atoms with E-state index in [1.165, 1.54) is 0 Å². The fourth-order valence-corrected chi connectivity index (χ4v) is 6.10. The summed E-state index contributed by atoms with van der Waals surface area (Å²) in [6.07, 6.45) is 2.35. The summed E-state index contributed by atoms with van der Waals surface area (Å²) >= 11 is 0. The van der Waals surface area contributed by atoms with Crippen LogP contribution >= 0.6 is 0 Å². The SMILES string of the molecule is Cc1cc([C@@H]2CCCN2C(=O)[C@H]2CC(=O)N([C@H]3CCS(=O)(=O)C3)C2)on1. The van der Waals surface area contributed by atoms with Gasteiger partial charge in [0.2, 0.25) is 11.8 Å². The van der Waals surface area contributed by atoms with Gasteiger partial charge in [-0.25, -0.2) is 8.42 Å². The van der Waals surface area contributed by atoms with Gasteiger partial charge >= 0.3 is 0 Å². The fraction of sp³-hybridized carbons (Fsp3) is 0.706. The Morgan fingerprint density at radius 3 is 2.81 bits per heavy atom. The summed E-state index contributed by atoms with van der Waals surface area (Å²) in [5, 5.41) is 3.91. The molecule has 3 aliphatic rings. The van der Waals surface area contributed by atoms with Crippen LogP contribution in [0, 0.1) is 12.8 Å². The number of aromatic nitrogens is 1. The van der Waals surface area contributed by atoms with Gasteiger partial charge in [0.05, 0.1) is 29.2 Å². The van der Waals surface area contributed by atoms with Crippen molar-refractivity contribution in [2.45, 2.75) is 44.7 Å². The Labute approximate surface area is 152 Å². The highest BCUT2D eigenvalue weighted by Gasteiger charge is 2.44. The molecule has 3 atom stereocenters. The highest BCUT2D eigenvalue weighted by molar-refractivity contribution is 7.91. The van der Waals surface area contributed by atoms with Crippen LogP contribution in [-0.2, 0) is 19.4 Å². The Bertz CT molecular complexity index is 833. The minimum Gasteiger partial charge on any atom is -0.359 e. The maximum atomic E-state index is 13.0. The number of carbonyl (C=O) groups is 2. The van der Waals surface area contributed by atoms with Gasteiger partial charge < -0.3 is 14.3 Å². The van der Waals surface area contributed by atoms with E-state index in [0.29, 0.717) is 25.3 Å². The highest BCUT2D eigenvalue weighted by atomic mass is 32.2. The second-order valence-corrected chi connectivity index (χ2v) is 9.79. The third kappa shape index (κ3) is 3.13. The van der Waals surface area contributed by atoms with Crippen molar-refractivity contribution < 1.29 is 22.5 Å². The van der Waals surface area contributed by atoms with E-state index in [4.69, 9.17) is 4.52 Å². The zero-order chi connectivity index (χ0) is 18.5. The lowest BCUT2D eigenvalue weighted by atomic mass is 10.1. The fourth-order valence-electron chi connectivity index (χ4n) is 4.37. The second kappa shape index (κ2) is 6.37. The Morgan fingerprint density at radius 2 is 2.15 bits per heavy atom. The van der Waals surface area contributed by atoms with Gasteiger partial charge in [0.1, 0.15) is 0 Å². The number of likely N-dealkylation sites (tertiary alicyclic amines) is 2. The maximum absolute atomic E-state index is 13.0. The molecule has 4 rings (SSSR count). The first-order valence-electron chi connectivity index (χ1n) is 9.07. The molecule has 0 spiro atoms. The first kappa shape index (κ1) is 17.5. The van der Waals surface area contributed by atoms with E-state index in [9.17, 15) is 18.0 Å². The number of hydrogen-bond acceptors (Lipinski definition) is 6. The smallest absolute Gasteiger partial charge is 0.228 e. The van der Waals surface area contributed by atoms with Gasteiger partial charge in [0.25, 0.3) is 0 Å². The molecule has 26 heavy (non-hydrogen) atoms. The molecule has 0 aromatic carbocycles. The molecule has 3 aliphatic heterocycles. The molecule has 1 aromatic rings. The summed E-state index contributed by atoms with van der Waals surface area (Å²) in [5.41, 5.74) is 0.781. The van der Waals surface area contributed by atoms with Crippen molar-refractivity contribution in [1.29, 1.82) is 0 Å². The van der Waals surface area contributed by atoms with Gasteiger partial charge in [-0.2, -0.15) is 0 Å². The summed E-state index contributed by atoms with van der Waals surface area (Å²) in [6.45, 7) is 2.81. The van der Waals surface area contributed by atoms with Crippen LogP contribution in [0.15, 0.2) is 10.6 Å². The first-order chi connectivity index (χ1) is 12.3. The average molecular weight is 381 g/mol. The lowest BCUT2D eigenvalue weighted by molar-refractivity contribution is -0.137. The molecule has 0 radical (unpaired) electrons. The van der Waals surface area contributed by atoms with Gasteiger partial charge in [0, 0.05) is 31.6 Å². The molecule has 9 heteroatoms. The largest absolute Gasteiger partial charge is 0.359 e. The molecular formula is C17H23N3O5S. The van der Waals surface area contributed by atoms with Crippen LogP contribution in [0.2, 0.25) is 0 Å². The Hall–Kier alpha value is -1.90. The number of rotatable bonds is 3. The average Bonchev–Trinajstić information content (AvgIpc) is 3.32. The molecule has 3 saturated heterocycles. The minimum absolute atomic E-state index is 0.0172. The van der Waals surface area contributed by atoms with Crippen LogP contribution < -0.4 is 0 Å². The van der Waals surface area contributed by atoms with Crippen LogP contribution in [0.1, 0.15) is 43.2 Å². The van der Waals surface area contributed by atoms with Crippen molar-refractivity contribution >= 4 is 21.7 Å². The standard InChI is InChI=1S/C17H23N3O5S/c1-11-7-15(25-18-11)14-3-2-5-19(14)17(22)12-8-16(21)20(9-12)13-4-6-26(23,24)10-13/h7,12-14H,2-6,8-10H2,1H3/t12-,13-,14-/m0/s1. The van der Waals surface area contributed by atoms with Crippen molar-refractivity contribution in [2.75, 3.05) is 24.6 Å². The Balaban J connectivity index is 1.46. The normalized spacial score (nSPS) is 31.1. The summed E-state index contributed by atoms with van der Waals surface area (Å²) in [5.74, 6) is 0.268. The monoisotopic (exact) mass is 381 g/mol. The topological polar surface area (TPSA) is 101 Å². The Morgan fingerprint density at radius 1 is 1.35 bits per heavy atom. The number of amides is 2. The third-order valence-electron chi connectivity index (χ3n) is 5.67. The van der Waals surface area contributed by atoms with Crippen molar-refractivity contribution in [3.05, 3.63) is 17.5 Å². The van der Waals surface area contributed by atoms with Crippen LogP contribution in [0.4, 0.5) is 0 Å². The first-order valence-corrected chi connectivity index (χ1v) is 10.9. The lowest BCUT2D eigenvalue weighted by Crippen LogP contribution is -2.40. The summed E-state index contributed by atoms with van der Waals surface area (Å²) in [4.78, 5) is 28.8. The van der Waals surface area contributed by atoms with Crippen molar-refractivity contribution in [3.63, 3.8) is 0 Å². The summed E-state index contributed by atoms with van der Waals surface area (Å²) in [7, 11) is -3.06. The Kier molecular flexibility index (Phi) is 4.29. The number of hydrogen-bond donors (Lipinski definition) is 0. The van der Waals surface area contributed by atoms with E-state index in [0.717, 1.165) is 18.5 Å². The molecular weight excluding hydrogens is 358 g/mol. The van der Waals surface area contributed by atoms with E-state index in [1.54, 1.807) is 9.80 Å². The molecule has 0 unspecified atom stereocenters. The van der Waals surface area contributed by atoms with Gasteiger partial charge in [-0.3, -0.25) is 9.59 Å². The van der Waals surface area contributed by atoms with Crippen LogP contribution in [0.25, 0.3) is 0 Å². The number of carbonyl (C=O) groups excluding carboxylic acids is 2. The van der Waals surface area contributed by atoms with Crippen molar-refractivity contribution in [2.24, 2.45) is 5.92 Å². The zero-order valence-corrected chi connectivity index (χ0v) is 15.6. The molecule has 0 aliphatic carbocycles. The quantitative estimate of drug-likeness (QED) is 0.763. The number of aryl methyl sites for hydroxylation is 1.